The molecule has 0 aliphatic heterocycles. The van der Waals surface area contributed by atoms with E-state index in [0.29, 0.717) is 0 Å². The van der Waals surface area contributed by atoms with E-state index >= 15 is 0 Å². The molecule has 0 spiro atoms. The molecule has 0 saturated carbocycles. The molecule has 3 N–H and O–H groups in total. The molecule has 0 heterocycles. The van der Waals surface area contributed by atoms with Gasteiger partial charge in [-0.3, -0.25) is 4.79 Å². The number of benzene rings is 2. The van der Waals surface area contributed by atoms with Gasteiger partial charge in [-0.1, -0.05) is 46.3 Å². The molecule has 0 aliphatic carbocycles. The number of carbonyl (C=O) groups excluding carboxylic acids is 1. The summed E-state index contributed by atoms with van der Waals surface area (Å²) in [5, 5.41) is 2.82. The van der Waals surface area contributed by atoms with E-state index in [2.05, 4.69) is 21.2 Å². The summed E-state index contributed by atoms with van der Waals surface area (Å²) < 4.78 is 1.01. The van der Waals surface area contributed by atoms with Crippen molar-refractivity contribution in [2.24, 2.45) is 5.73 Å². The molecule has 1 atom stereocenters. The molecule has 19 heavy (non-hydrogen) atoms. The van der Waals surface area contributed by atoms with E-state index < -0.39 is 6.04 Å². The van der Waals surface area contributed by atoms with Crippen molar-refractivity contribution in [3.05, 3.63) is 64.1 Å². The van der Waals surface area contributed by atoms with Gasteiger partial charge >= 0.3 is 0 Å². The van der Waals surface area contributed by atoms with E-state index in [4.69, 9.17) is 5.73 Å². The quantitative estimate of drug-likeness (QED) is 0.911. The van der Waals surface area contributed by atoms with E-state index in [9.17, 15) is 4.79 Å². The van der Waals surface area contributed by atoms with Gasteiger partial charge in [0, 0.05) is 10.2 Å². The zero-order valence-corrected chi connectivity index (χ0v) is 12.1. The summed E-state index contributed by atoms with van der Waals surface area (Å²) in [5.41, 5.74) is 8.54. The van der Waals surface area contributed by atoms with Crippen molar-refractivity contribution in [2.75, 3.05) is 5.32 Å². The van der Waals surface area contributed by atoms with Gasteiger partial charge in [0.25, 0.3) is 0 Å². The summed E-state index contributed by atoms with van der Waals surface area (Å²) in [6, 6.07) is 14.3. The third kappa shape index (κ3) is 3.43. The smallest absolute Gasteiger partial charge is 0.245 e. The van der Waals surface area contributed by atoms with E-state index in [0.717, 1.165) is 21.3 Å². The number of hydrogen-bond acceptors (Lipinski definition) is 2. The molecule has 2 aromatic rings. The highest BCUT2D eigenvalue weighted by molar-refractivity contribution is 9.10. The largest absolute Gasteiger partial charge is 0.324 e. The molecule has 0 fully saturated rings. The summed E-state index contributed by atoms with van der Waals surface area (Å²) in [7, 11) is 0. The fourth-order valence-electron chi connectivity index (χ4n) is 1.75. The van der Waals surface area contributed by atoms with Gasteiger partial charge < -0.3 is 11.1 Å². The van der Waals surface area contributed by atoms with Gasteiger partial charge in [-0.25, -0.2) is 0 Å². The number of rotatable bonds is 3. The summed E-state index contributed by atoms with van der Waals surface area (Å²) in [6.45, 7) is 1.97. The lowest BCUT2D eigenvalue weighted by Gasteiger charge is -2.13. The van der Waals surface area contributed by atoms with Gasteiger partial charge in [0.05, 0.1) is 0 Å². The first-order chi connectivity index (χ1) is 9.08. The minimum Gasteiger partial charge on any atom is -0.324 e. The Bertz CT molecular complexity index is 584. The average molecular weight is 319 g/mol. The van der Waals surface area contributed by atoms with Crippen molar-refractivity contribution in [1.82, 2.24) is 0 Å². The Balaban J connectivity index is 2.10. The lowest BCUT2D eigenvalue weighted by Crippen LogP contribution is -2.27. The third-order valence-electron chi connectivity index (χ3n) is 2.87. The number of amides is 1. The van der Waals surface area contributed by atoms with Crippen LogP contribution in [-0.2, 0) is 4.79 Å². The van der Waals surface area contributed by atoms with Crippen LogP contribution in [0.1, 0.15) is 17.2 Å². The predicted molar refractivity (Wildman–Crippen MR) is 80.9 cm³/mol. The van der Waals surface area contributed by atoms with Crippen LogP contribution in [0.25, 0.3) is 0 Å². The van der Waals surface area contributed by atoms with Crippen LogP contribution in [0.4, 0.5) is 5.69 Å². The van der Waals surface area contributed by atoms with Crippen LogP contribution in [-0.4, -0.2) is 5.91 Å². The number of nitrogens with two attached hydrogens (primary N) is 1. The Hall–Kier alpha value is -1.65. The molecule has 0 radical (unpaired) electrons. The van der Waals surface area contributed by atoms with Crippen LogP contribution < -0.4 is 11.1 Å². The van der Waals surface area contributed by atoms with Crippen LogP contribution in [0, 0.1) is 6.92 Å². The van der Waals surface area contributed by atoms with Crippen LogP contribution in [0.15, 0.2) is 53.0 Å². The highest BCUT2D eigenvalue weighted by atomic mass is 79.9. The number of hydrogen-bond donors (Lipinski definition) is 2. The lowest BCUT2D eigenvalue weighted by molar-refractivity contribution is -0.117. The zero-order chi connectivity index (χ0) is 13.8. The molecular formula is C15H15BrN2O. The first-order valence-electron chi connectivity index (χ1n) is 5.95. The fraction of sp³-hybridized carbons (Fsp3) is 0.133. The molecule has 0 aromatic heterocycles. The second kappa shape index (κ2) is 5.99. The van der Waals surface area contributed by atoms with Gasteiger partial charge in [-0.05, 0) is 36.2 Å². The second-order valence-corrected chi connectivity index (χ2v) is 5.20. The predicted octanol–water partition coefficient (Wildman–Crippen LogP) is 3.40. The van der Waals surface area contributed by atoms with Crippen LogP contribution in [0.5, 0.6) is 0 Å². The van der Waals surface area contributed by atoms with Crippen molar-refractivity contribution in [1.29, 1.82) is 0 Å². The summed E-state index contributed by atoms with van der Waals surface area (Å²) in [4.78, 5) is 12.1. The van der Waals surface area contributed by atoms with Crippen LogP contribution in [0.3, 0.4) is 0 Å². The highest BCUT2D eigenvalue weighted by Crippen LogP contribution is 2.21. The fourth-order valence-corrected chi connectivity index (χ4v) is 2.00. The standard InChI is InChI=1S/C15H15BrN2O/c1-10-9-12(7-8-13(10)16)18-15(19)14(17)11-5-3-2-4-6-11/h2-9,14H,17H2,1H3,(H,18,19)/t14-/m1/s1. The Morgan fingerprint density at radius 3 is 2.53 bits per heavy atom. The Labute approximate surface area is 121 Å². The van der Waals surface area contributed by atoms with Gasteiger partial charge in [0.2, 0.25) is 5.91 Å². The Kier molecular flexibility index (Phi) is 4.35. The molecule has 0 unspecified atom stereocenters. The zero-order valence-electron chi connectivity index (χ0n) is 10.6. The molecule has 3 nitrogen and oxygen atoms in total. The Morgan fingerprint density at radius 2 is 1.89 bits per heavy atom. The molecule has 2 rings (SSSR count). The summed E-state index contributed by atoms with van der Waals surface area (Å²) in [5.74, 6) is -0.215. The van der Waals surface area contributed by atoms with Crippen molar-refractivity contribution in [3.63, 3.8) is 0 Å². The average Bonchev–Trinajstić information content (AvgIpc) is 2.43. The molecule has 98 valence electrons. The van der Waals surface area contributed by atoms with Crippen molar-refractivity contribution in [2.45, 2.75) is 13.0 Å². The van der Waals surface area contributed by atoms with Gasteiger partial charge in [-0.15, -0.1) is 0 Å². The monoisotopic (exact) mass is 318 g/mol. The molecule has 2 aromatic carbocycles. The van der Waals surface area contributed by atoms with Gasteiger partial charge in [0.1, 0.15) is 6.04 Å². The number of nitrogens with one attached hydrogen (secondary N) is 1. The molecule has 0 aliphatic rings. The number of anilines is 1. The van der Waals surface area contributed by atoms with Crippen molar-refractivity contribution < 1.29 is 4.79 Å². The summed E-state index contributed by atoms with van der Waals surface area (Å²) in [6.07, 6.45) is 0. The maximum absolute atomic E-state index is 12.1. The molecular weight excluding hydrogens is 304 g/mol. The molecule has 4 heteroatoms. The van der Waals surface area contributed by atoms with E-state index in [1.807, 2.05) is 55.5 Å². The van der Waals surface area contributed by atoms with Gasteiger partial charge in [-0.2, -0.15) is 0 Å². The number of carbonyl (C=O) groups is 1. The van der Waals surface area contributed by atoms with Crippen molar-refractivity contribution in [3.8, 4) is 0 Å². The second-order valence-electron chi connectivity index (χ2n) is 4.34. The van der Waals surface area contributed by atoms with E-state index in [-0.39, 0.29) is 5.91 Å². The highest BCUT2D eigenvalue weighted by Gasteiger charge is 2.15. The maximum Gasteiger partial charge on any atom is 0.245 e. The van der Waals surface area contributed by atoms with Crippen LogP contribution >= 0.6 is 15.9 Å². The molecule has 1 amide bonds. The topological polar surface area (TPSA) is 55.1 Å². The lowest BCUT2D eigenvalue weighted by atomic mass is 10.1. The van der Waals surface area contributed by atoms with Crippen molar-refractivity contribution >= 4 is 27.5 Å². The minimum absolute atomic E-state index is 0.215. The maximum atomic E-state index is 12.1. The molecule has 0 bridgehead atoms. The first kappa shape index (κ1) is 13.8. The normalized spacial score (nSPS) is 11.9. The van der Waals surface area contributed by atoms with Crippen LogP contribution in [0.2, 0.25) is 0 Å². The molecule has 0 saturated heterocycles. The van der Waals surface area contributed by atoms with Gasteiger partial charge in [0.15, 0.2) is 0 Å². The first-order valence-corrected chi connectivity index (χ1v) is 6.75. The third-order valence-corrected chi connectivity index (χ3v) is 3.76. The number of aryl methyl sites for hydroxylation is 1. The van der Waals surface area contributed by atoms with E-state index in [1.54, 1.807) is 0 Å². The number of halogens is 1. The van der Waals surface area contributed by atoms with E-state index in [1.165, 1.54) is 0 Å². The Morgan fingerprint density at radius 1 is 1.21 bits per heavy atom. The summed E-state index contributed by atoms with van der Waals surface area (Å²) >= 11 is 3.42. The SMILES string of the molecule is Cc1cc(NC(=O)[C@H](N)c2ccccc2)ccc1Br. The minimum atomic E-state index is -0.662.